The third kappa shape index (κ3) is 4.01. The predicted molar refractivity (Wildman–Crippen MR) is 80.1 cm³/mol. The molecule has 1 saturated heterocycles. The van der Waals surface area contributed by atoms with Crippen LogP contribution < -0.4 is 20.1 Å². The van der Waals surface area contributed by atoms with Gasteiger partial charge in [-0.25, -0.2) is 4.79 Å². The normalized spacial score (nSPS) is 18.9. The monoisotopic (exact) mass is 294 g/mol. The Morgan fingerprint density at radius 3 is 2.81 bits per heavy atom. The van der Waals surface area contributed by atoms with Gasteiger partial charge in [-0.15, -0.1) is 0 Å². The molecule has 1 aromatic rings. The second kappa shape index (κ2) is 7.17. The fourth-order valence-corrected chi connectivity index (χ4v) is 2.36. The van der Waals surface area contributed by atoms with E-state index in [0.717, 1.165) is 19.4 Å². The molecule has 1 aliphatic rings. The number of hydrogen-bond acceptors (Lipinski definition) is 4. The van der Waals surface area contributed by atoms with Gasteiger partial charge < -0.3 is 24.8 Å². The van der Waals surface area contributed by atoms with E-state index in [0.29, 0.717) is 17.2 Å². The molecule has 0 bridgehead atoms. The highest BCUT2D eigenvalue weighted by Gasteiger charge is 2.23. The van der Waals surface area contributed by atoms with Gasteiger partial charge in [0.25, 0.3) is 0 Å². The quantitative estimate of drug-likeness (QED) is 0.875. The van der Waals surface area contributed by atoms with Crippen LogP contribution in [0, 0.1) is 0 Å². The predicted octanol–water partition coefficient (Wildman–Crippen LogP) is 2.39. The zero-order valence-electron chi connectivity index (χ0n) is 12.6. The van der Waals surface area contributed by atoms with Crippen molar-refractivity contribution in [3.63, 3.8) is 0 Å². The Bertz CT molecular complexity index is 487. The number of ether oxygens (including phenoxy) is 3. The number of carbonyl (C=O) groups is 1. The molecule has 6 heteroatoms. The van der Waals surface area contributed by atoms with Gasteiger partial charge in [-0.2, -0.15) is 0 Å². The summed E-state index contributed by atoms with van der Waals surface area (Å²) in [5.41, 5.74) is 0.593. The van der Waals surface area contributed by atoms with Crippen LogP contribution in [0.1, 0.15) is 19.8 Å². The molecule has 6 nitrogen and oxygen atoms in total. The topological polar surface area (TPSA) is 68.8 Å². The van der Waals surface area contributed by atoms with Crippen molar-refractivity contribution in [2.75, 3.05) is 26.1 Å². The lowest BCUT2D eigenvalue weighted by molar-refractivity contribution is 0.0868. The molecule has 0 aromatic heterocycles. The maximum atomic E-state index is 12.0. The maximum Gasteiger partial charge on any atom is 0.319 e. The first kappa shape index (κ1) is 15.4. The standard InChI is InChI=1S/C15H22N2O4/c1-10(13-5-4-8-21-13)16-15(18)17-12-7-6-11(19-2)9-14(12)20-3/h6-7,9-10,13H,4-5,8H2,1-3H3,(H2,16,17,18)/t10-,13+/m1/s1. The Balaban J connectivity index is 1.95. The van der Waals surface area contributed by atoms with Crippen LogP contribution in [0.25, 0.3) is 0 Å². The van der Waals surface area contributed by atoms with Crippen LogP contribution in [0.3, 0.4) is 0 Å². The van der Waals surface area contributed by atoms with Gasteiger partial charge in [-0.05, 0) is 31.9 Å². The molecule has 1 aromatic carbocycles. The molecule has 2 atom stereocenters. The number of amides is 2. The summed E-state index contributed by atoms with van der Waals surface area (Å²) in [4.78, 5) is 12.0. The number of methoxy groups -OCH3 is 2. The molecule has 2 N–H and O–H groups in total. The first-order valence-electron chi connectivity index (χ1n) is 7.05. The number of carbonyl (C=O) groups excluding carboxylic acids is 1. The van der Waals surface area contributed by atoms with Crippen molar-refractivity contribution in [3.8, 4) is 11.5 Å². The lowest BCUT2D eigenvalue weighted by Crippen LogP contribution is -2.43. The van der Waals surface area contributed by atoms with Crippen molar-refractivity contribution in [1.29, 1.82) is 0 Å². The van der Waals surface area contributed by atoms with Crippen LogP contribution >= 0.6 is 0 Å². The van der Waals surface area contributed by atoms with Crippen LogP contribution in [-0.2, 0) is 4.74 Å². The van der Waals surface area contributed by atoms with Crippen LogP contribution in [0.2, 0.25) is 0 Å². The largest absolute Gasteiger partial charge is 0.497 e. The lowest BCUT2D eigenvalue weighted by atomic mass is 10.1. The molecule has 116 valence electrons. The molecular weight excluding hydrogens is 272 g/mol. The van der Waals surface area contributed by atoms with Crippen molar-refractivity contribution < 1.29 is 19.0 Å². The number of hydrogen-bond donors (Lipinski definition) is 2. The summed E-state index contributed by atoms with van der Waals surface area (Å²) < 4.78 is 15.9. The lowest BCUT2D eigenvalue weighted by Gasteiger charge is -2.20. The second-order valence-electron chi connectivity index (χ2n) is 5.00. The van der Waals surface area contributed by atoms with Crippen molar-refractivity contribution in [3.05, 3.63) is 18.2 Å². The average Bonchev–Trinajstić information content (AvgIpc) is 3.01. The van der Waals surface area contributed by atoms with Gasteiger partial charge in [0.15, 0.2) is 0 Å². The molecule has 0 radical (unpaired) electrons. The molecule has 21 heavy (non-hydrogen) atoms. The molecule has 0 aliphatic carbocycles. The van der Waals surface area contributed by atoms with Gasteiger partial charge in [0, 0.05) is 12.7 Å². The molecule has 2 rings (SSSR count). The van der Waals surface area contributed by atoms with Gasteiger partial charge in [0.2, 0.25) is 0 Å². The van der Waals surface area contributed by atoms with Crippen LogP contribution in [0.5, 0.6) is 11.5 Å². The molecule has 0 unspecified atom stereocenters. The van der Waals surface area contributed by atoms with Crippen LogP contribution in [0.4, 0.5) is 10.5 Å². The zero-order chi connectivity index (χ0) is 15.2. The summed E-state index contributed by atoms with van der Waals surface area (Å²) >= 11 is 0. The minimum Gasteiger partial charge on any atom is -0.497 e. The number of urea groups is 1. The summed E-state index contributed by atoms with van der Waals surface area (Å²) in [6, 6.07) is 4.92. The van der Waals surface area contributed by atoms with Crippen molar-refractivity contribution in [2.24, 2.45) is 0 Å². The molecule has 1 heterocycles. The van der Waals surface area contributed by atoms with E-state index in [9.17, 15) is 4.79 Å². The van der Waals surface area contributed by atoms with Gasteiger partial charge in [-0.3, -0.25) is 0 Å². The number of anilines is 1. The summed E-state index contributed by atoms with van der Waals surface area (Å²) in [7, 11) is 3.13. The van der Waals surface area contributed by atoms with E-state index >= 15 is 0 Å². The highest BCUT2D eigenvalue weighted by Crippen LogP contribution is 2.29. The van der Waals surface area contributed by atoms with Gasteiger partial charge in [0.05, 0.1) is 32.1 Å². The zero-order valence-corrected chi connectivity index (χ0v) is 12.6. The average molecular weight is 294 g/mol. The van der Waals surface area contributed by atoms with Crippen LogP contribution in [0.15, 0.2) is 18.2 Å². The van der Waals surface area contributed by atoms with Crippen LogP contribution in [-0.4, -0.2) is 39.0 Å². The Morgan fingerprint density at radius 2 is 2.19 bits per heavy atom. The fraction of sp³-hybridized carbons (Fsp3) is 0.533. The maximum absolute atomic E-state index is 12.0. The van der Waals surface area contributed by atoms with E-state index in [1.165, 1.54) is 0 Å². The van der Waals surface area contributed by atoms with E-state index < -0.39 is 0 Å². The Kier molecular flexibility index (Phi) is 5.27. The number of nitrogens with one attached hydrogen (secondary N) is 2. The van der Waals surface area contributed by atoms with Gasteiger partial charge in [0.1, 0.15) is 11.5 Å². The number of benzene rings is 1. The second-order valence-corrected chi connectivity index (χ2v) is 5.00. The molecule has 2 amide bonds. The Labute approximate surface area is 124 Å². The molecule has 0 saturated carbocycles. The van der Waals surface area contributed by atoms with E-state index in [1.807, 2.05) is 6.92 Å². The highest BCUT2D eigenvalue weighted by molar-refractivity contribution is 5.91. The SMILES string of the molecule is COc1ccc(NC(=O)N[C@H](C)[C@@H]2CCCO2)c(OC)c1. The Hall–Kier alpha value is -1.95. The first-order valence-corrected chi connectivity index (χ1v) is 7.05. The summed E-state index contributed by atoms with van der Waals surface area (Å²) in [5, 5.41) is 5.67. The van der Waals surface area contributed by atoms with Crippen molar-refractivity contribution >= 4 is 11.7 Å². The molecular formula is C15H22N2O4. The third-order valence-electron chi connectivity index (χ3n) is 3.54. The Morgan fingerprint density at radius 1 is 1.38 bits per heavy atom. The molecule has 1 fully saturated rings. The first-order chi connectivity index (χ1) is 10.1. The minimum atomic E-state index is -0.276. The van der Waals surface area contributed by atoms with E-state index in [4.69, 9.17) is 14.2 Å². The number of rotatable bonds is 5. The van der Waals surface area contributed by atoms with E-state index in [1.54, 1.807) is 32.4 Å². The summed E-state index contributed by atoms with van der Waals surface area (Å²) in [6.45, 7) is 2.71. The highest BCUT2D eigenvalue weighted by atomic mass is 16.5. The smallest absolute Gasteiger partial charge is 0.319 e. The van der Waals surface area contributed by atoms with Gasteiger partial charge in [-0.1, -0.05) is 0 Å². The van der Waals surface area contributed by atoms with Crippen molar-refractivity contribution in [2.45, 2.75) is 31.9 Å². The summed E-state index contributed by atoms with van der Waals surface area (Å²) in [5.74, 6) is 1.22. The minimum absolute atomic E-state index is 0.0308. The molecule has 0 spiro atoms. The van der Waals surface area contributed by atoms with E-state index in [-0.39, 0.29) is 18.2 Å². The van der Waals surface area contributed by atoms with E-state index in [2.05, 4.69) is 10.6 Å². The van der Waals surface area contributed by atoms with Crippen molar-refractivity contribution in [1.82, 2.24) is 5.32 Å². The fourth-order valence-electron chi connectivity index (χ4n) is 2.36. The van der Waals surface area contributed by atoms with Gasteiger partial charge >= 0.3 is 6.03 Å². The summed E-state index contributed by atoms with van der Waals surface area (Å²) in [6.07, 6.45) is 2.12. The third-order valence-corrected chi connectivity index (χ3v) is 3.54. The molecule has 1 aliphatic heterocycles.